The number of hydrogen-bond donors (Lipinski definition) is 3. The maximum atomic E-state index is 13.2. The summed E-state index contributed by atoms with van der Waals surface area (Å²) in [5, 5.41) is 26.2. The Morgan fingerprint density at radius 2 is 1.46 bits per heavy atom. The molecule has 6 aromatic rings. The summed E-state index contributed by atoms with van der Waals surface area (Å²) in [5.41, 5.74) is -4.09. The van der Waals surface area contributed by atoms with Gasteiger partial charge in [0, 0.05) is 5.56 Å². The molecule has 1 saturated heterocycles. The third kappa shape index (κ3) is 5.61. The van der Waals surface area contributed by atoms with Gasteiger partial charge in [-0.1, -0.05) is 91.0 Å². The van der Waals surface area contributed by atoms with E-state index in [1.807, 2.05) is 72.8 Å². The van der Waals surface area contributed by atoms with Crippen molar-refractivity contribution in [2.75, 3.05) is 19.0 Å². The van der Waals surface area contributed by atoms with Crippen LogP contribution in [0.4, 0.5) is 5.82 Å². The number of rotatable bonds is 12. The summed E-state index contributed by atoms with van der Waals surface area (Å²) < 4.78 is 19.7. The number of carbonyl (C=O) groups is 3. The number of nitrogens with zero attached hydrogens (tertiary/aromatic N) is 4. The van der Waals surface area contributed by atoms with E-state index in [1.165, 1.54) is 17.2 Å². The van der Waals surface area contributed by atoms with Crippen molar-refractivity contribution < 1.29 is 38.8 Å². The Hall–Kier alpha value is -6.12. The Labute approximate surface area is 297 Å². The number of methoxy groups -OCH3 is 1. The molecular weight excluding hydrogens is 666 g/mol. The molecular formula is C39H33N5O8. The molecule has 1 amide bonds. The number of benzene rings is 4. The summed E-state index contributed by atoms with van der Waals surface area (Å²) in [6, 6.07) is 34.1. The van der Waals surface area contributed by atoms with Crippen LogP contribution in [0.25, 0.3) is 11.2 Å². The number of aliphatic hydroxyl groups is 2. The van der Waals surface area contributed by atoms with E-state index >= 15 is 0 Å². The average molecular weight is 700 g/mol. The molecule has 2 aromatic heterocycles. The molecule has 1 aliphatic rings. The third-order valence-electron chi connectivity index (χ3n) is 9.36. The van der Waals surface area contributed by atoms with Gasteiger partial charge in [0.25, 0.3) is 5.91 Å². The van der Waals surface area contributed by atoms with Crippen molar-refractivity contribution in [2.24, 2.45) is 0 Å². The predicted octanol–water partition coefficient (Wildman–Crippen LogP) is 3.85. The Morgan fingerprint density at radius 1 is 0.865 bits per heavy atom. The van der Waals surface area contributed by atoms with Gasteiger partial charge in [-0.2, -0.15) is 0 Å². The zero-order valence-corrected chi connectivity index (χ0v) is 27.8. The van der Waals surface area contributed by atoms with Gasteiger partial charge < -0.3 is 29.7 Å². The van der Waals surface area contributed by atoms with Gasteiger partial charge >= 0.3 is 0 Å². The smallest absolute Gasteiger partial charge is 0.256 e. The minimum absolute atomic E-state index is 0.0655. The van der Waals surface area contributed by atoms with Crippen molar-refractivity contribution in [3.05, 3.63) is 150 Å². The fourth-order valence-electron chi connectivity index (χ4n) is 6.56. The standard InChI is InChI=1S/C39H33N5O8/c1-50-30-19-17-29(18-20-30)39(27-13-7-3-8-14-27,28-15-9-4-10-16-28)51-23-37(21-45)38(49,22-46)32(47)36(52-37)44-25-42-31-33(40-24-41-34(31)44)43-35(48)26-11-5-2-6-12-26/h2-22,24-25,32,36,47,49H,23H2,1H3,(H,40,41,43,48)/t32-,36+,37+,38-/m0/s1. The number of imidazole rings is 1. The number of nitrogens with one attached hydrogen (secondary N) is 1. The van der Waals surface area contributed by atoms with Gasteiger partial charge in [-0.3, -0.25) is 19.0 Å². The first kappa shape index (κ1) is 34.3. The average Bonchev–Trinajstić information content (AvgIpc) is 3.73. The molecule has 1 aliphatic heterocycles. The maximum absolute atomic E-state index is 13.2. The number of aldehydes is 2. The molecule has 52 heavy (non-hydrogen) atoms. The normalized spacial score (nSPS) is 21.4. The van der Waals surface area contributed by atoms with E-state index in [-0.39, 0.29) is 29.6 Å². The minimum atomic E-state index is -2.80. The lowest BCUT2D eigenvalue weighted by Crippen LogP contribution is -2.62. The second-order valence-electron chi connectivity index (χ2n) is 12.2. The molecule has 0 spiro atoms. The number of aliphatic hydroxyl groups excluding tert-OH is 1. The van der Waals surface area contributed by atoms with E-state index in [0.29, 0.717) is 28.0 Å². The van der Waals surface area contributed by atoms with Crippen LogP contribution >= 0.6 is 0 Å². The van der Waals surface area contributed by atoms with E-state index < -0.39 is 41.6 Å². The van der Waals surface area contributed by atoms with Crippen LogP contribution in [0, 0.1) is 0 Å². The van der Waals surface area contributed by atoms with E-state index in [0.717, 1.165) is 0 Å². The van der Waals surface area contributed by atoms with Gasteiger partial charge in [0.1, 0.15) is 23.8 Å². The molecule has 3 heterocycles. The van der Waals surface area contributed by atoms with Crippen LogP contribution in [0.1, 0.15) is 33.3 Å². The van der Waals surface area contributed by atoms with Crippen LogP contribution in [0.5, 0.6) is 5.75 Å². The molecule has 4 aromatic carbocycles. The van der Waals surface area contributed by atoms with Crippen molar-refractivity contribution in [2.45, 2.75) is 29.1 Å². The van der Waals surface area contributed by atoms with Crippen LogP contribution in [0.3, 0.4) is 0 Å². The van der Waals surface area contributed by atoms with Gasteiger partial charge in [-0.25, -0.2) is 15.0 Å². The summed E-state index contributed by atoms with van der Waals surface area (Å²) in [6.07, 6.45) is -0.807. The SMILES string of the molecule is COc1ccc(C(OC[C@@]2(C=O)O[C@@H](n3cnc4c(NC(=O)c5ccccc5)ncnc43)[C@H](O)[C@@]2(O)C=O)(c2ccccc2)c2ccccc2)cc1. The topological polar surface area (TPSA) is 175 Å². The first-order chi connectivity index (χ1) is 25.3. The molecule has 0 bridgehead atoms. The lowest BCUT2D eigenvalue weighted by molar-refractivity contribution is -0.186. The van der Waals surface area contributed by atoms with Crippen molar-refractivity contribution in [3.8, 4) is 5.75 Å². The number of ether oxygens (including phenoxy) is 3. The highest BCUT2D eigenvalue weighted by molar-refractivity contribution is 6.06. The van der Waals surface area contributed by atoms with Crippen LogP contribution in [-0.2, 0) is 24.7 Å². The molecule has 0 radical (unpaired) electrons. The van der Waals surface area contributed by atoms with Crippen LogP contribution < -0.4 is 10.1 Å². The molecule has 13 heteroatoms. The summed E-state index contributed by atoms with van der Waals surface area (Å²) in [7, 11) is 1.55. The number of aromatic nitrogens is 4. The highest BCUT2D eigenvalue weighted by atomic mass is 16.6. The first-order valence-corrected chi connectivity index (χ1v) is 16.2. The Balaban J connectivity index is 1.29. The highest BCUT2D eigenvalue weighted by Crippen LogP contribution is 2.47. The summed E-state index contributed by atoms with van der Waals surface area (Å²) >= 11 is 0. The zero-order chi connectivity index (χ0) is 36.3. The van der Waals surface area contributed by atoms with Crippen LogP contribution in [0.15, 0.2) is 128 Å². The minimum Gasteiger partial charge on any atom is -0.497 e. The third-order valence-corrected chi connectivity index (χ3v) is 9.36. The number of anilines is 1. The largest absolute Gasteiger partial charge is 0.497 e. The Kier molecular flexibility index (Phi) is 9.17. The number of amides is 1. The second kappa shape index (κ2) is 13.9. The first-order valence-electron chi connectivity index (χ1n) is 16.2. The zero-order valence-electron chi connectivity index (χ0n) is 27.8. The lowest BCUT2D eigenvalue weighted by Gasteiger charge is -2.40. The molecule has 0 unspecified atom stereocenters. The molecule has 262 valence electrons. The fraction of sp³-hybridized carbons (Fsp3) is 0.179. The quantitative estimate of drug-likeness (QED) is 0.125. The fourth-order valence-corrected chi connectivity index (χ4v) is 6.56. The van der Waals surface area contributed by atoms with Gasteiger partial charge in [-0.05, 0) is 41.0 Å². The summed E-state index contributed by atoms with van der Waals surface area (Å²) in [5.74, 6) is 0.218. The van der Waals surface area contributed by atoms with Crippen molar-refractivity contribution >= 4 is 35.5 Å². The Morgan fingerprint density at radius 3 is 2.04 bits per heavy atom. The van der Waals surface area contributed by atoms with E-state index in [1.54, 1.807) is 49.6 Å². The monoisotopic (exact) mass is 699 g/mol. The lowest BCUT2D eigenvalue weighted by atomic mass is 9.79. The van der Waals surface area contributed by atoms with Crippen molar-refractivity contribution in [1.82, 2.24) is 19.5 Å². The second-order valence-corrected chi connectivity index (χ2v) is 12.2. The van der Waals surface area contributed by atoms with Crippen molar-refractivity contribution in [3.63, 3.8) is 0 Å². The van der Waals surface area contributed by atoms with Crippen LogP contribution in [0.2, 0.25) is 0 Å². The van der Waals surface area contributed by atoms with Crippen molar-refractivity contribution in [1.29, 1.82) is 0 Å². The van der Waals surface area contributed by atoms with Crippen LogP contribution in [-0.4, -0.2) is 79.2 Å². The summed E-state index contributed by atoms with van der Waals surface area (Å²) in [6.45, 7) is -0.699. The van der Waals surface area contributed by atoms with Gasteiger partial charge in [-0.15, -0.1) is 0 Å². The molecule has 1 fully saturated rings. The van der Waals surface area contributed by atoms with E-state index in [9.17, 15) is 24.6 Å². The number of carbonyl (C=O) groups excluding carboxylic acids is 3. The molecule has 0 aliphatic carbocycles. The number of fused-ring (bicyclic) bond motifs is 1. The van der Waals surface area contributed by atoms with Gasteiger partial charge in [0.2, 0.25) is 0 Å². The van der Waals surface area contributed by atoms with Gasteiger partial charge in [0.05, 0.1) is 20.0 Å². The number of hydrogen-bond acceptors (Lipinski definition) is 11. The predicted molar refractivity (Wildman–Crippen MR) is 187 cm³/mol. The molecule has 3 N–H and O–H groups in total. The van der Waals surface area contributed by atoms with E-state index in [2.05, 4.69) is 20.3 Å². The van der Waals surface area contributed by atoms with E-state index in [4.69, 9.17) is 14.2 Å². The summed E-state index contributed by atoms with van der Waals surface area (Å²) in [4.78, 5) is 51.7. The van der Waals surface area contributed by atoms with Gasteiger partial charge in [0.15, 0.2) is 47.0 Å². The molecule has 13 nitrogen and oxygen atoms in total. The molecule has 7 rings (SSSR count). The maximum Gasteiger partial charge on any atom is 0.256 e. The highest BCUT2D eigenvalue weighted by Gasteiger charge is 2.67. The Bertz CT molecular complexity index is 2160. The molecule has 0 saturated carbocycles. The molecule has 4 atom stereocenters.